The van der Waals surface area contributed by atoms with Crippen molar-refractivity contribution >= 4 is 0 Å². The van der Waals surface area contributed by atoms with Crippen LogP contribution >= 0.6 is 0 Å². The zero-order valence-electron chi connectivity index (χ0n) is 11.6. The van der Waals surface area contributed by atoms with Crippen molar-refractivity contribution < 1.29 is 9.13 Å². The van der Waals surface area contributed by atoms with Crippen molar-refractivity contribution in [3.8, 4) is 0 Å². The first-order valence-electron chi connectivity index (χ1n) is 6.83. The van der Waals surface area contributed by atoms with Crippen molar-refractivity contribution in [1.82, 2.24) is 5.32 Å². The van der Waals surface area contributed by atoms with Crippen LogP contribution in [0.3, 0.4) is 0 Å². The third kappa shape index (κ3) is 4.07. The number of rotatable bonds is 8. The summed E-state index contributed by atoms with van der Waals surface area (Å²) in [4.78, 5) is 0. The Morgan fingerprint density at radius 1 is 1.22 bits per heavy atom. The van der Waals surface area contributed by atoms with Crippen molar-refractivity contribution in [1.29, 1.82) is 0 Å². The molecule has 0 aliphatic carbocycles. The van der Waals surface area contributed by atoms with Gasteiger partial charge in [0.2, 0.25) is 0 Å². The van der Waals surface area contributed by atoms with Crippen LogP contribution in [0, 0.1) is 5.82 Å². The third-order valence-corrected chi connectivity index (χ3v) is 3.01. The van der Waals surface area contributed by atoms with E-state index in [1.807, 2.05) is 19.1 Å². The Morgan fingerprint density at radius 2 is 1.94 bits per heavy atom. The fourth-order valence-electron chi connectivity index (χ4n) is 2.13. The quantitative estimate of drug-likeness (QED) is 0.763. The van der Waals surface area contributed by atoms with Crippen molar-refractivity contribution in [3.63, 3.8) is 0 Å². The summed E-state index contributed by atoms with van der Waals surface area (Å²) in [6.07, 6.45) is 1.90. The van der Waals surface area contributed by atoms with Crippen molar-refractivity contribution in [3.05, 3.63) is 35.6 Å². The van der Waals surface area contributed by atoms with Crippen molar-refractivity contribution in [2.24, 2.45) is 0 Å². The van der Waals surface area contributed by atoms with Crippen LogP contribution in [0.25, 0.3) is 0 Å². The van der Waals surface area contributed by atoms with Crippen LogP contribution < -0.4 is 5.32 Å². The topological polar surface area (TPSA) is 21.3 Å². The van der Waals surface area contributed by atoms with Crippen molar-refractivity contribution in [2.45, 2.75) is 45.8 Å². The summed E-state index contributed by atoms with van der Waals surface area (Å²) in [6, 6.07) is 6.87. The second kappa shape index (κ2) is 8.22. The van der Waals surface area contributed by atoms with Crippen LogP contribution in [-0.4, -0.2) is 19.3 Å². The van der Waals surface area contributed by atoms with Gasteiger partial charge in [0.1, 0.15) is 5.82 Å². The maximum Gasteiger partial charge on any atom is 0.128 e. The van der Waals surface area contributed by atoms with Crippen LogP contribution in [-0.2, 0) is 4.74 Å². The smallest absolute Gasteiger partial charge is 0.128 e. The fraction of sp³-hybridized carbons (Fsp3) is 0.600. The van der Waals surface area contributed by atoms with E-state index >= 15 is 0 Å². The molecule has 0 amide bonds. The molecule has 0 aromatic heterocycles. The Morgan fingerprint density at radius 3 is 2.50 bits per heavy atom. The predicted octanol–water partition coefficient (Wildman–Crippen LogP) is 3.68. The average Bonchev–Trinajstić information content (AvgIpc) is 2.39. The largest absolute Gasteiger partial charge is 0.377 e. The number of ether oxygens (including phenoxy) is 1. The molecule has 0 aliphatic heterocycles. The van der Waals surface area contributed by atoms with Gasteiger partial charge < -0.3 is 10.1 Å². The Hall–Kier alpha value is -0.930. The highest BCUT2D eigenvalue weighted by molar-refractivity contribution is 5.22. The standard InChI is InChI=1S/C15H24FNO/c1-4-11-17-15(14(5-2)18-6-3)12-9-7-8-10-13(12)16/h7-10,14-15,17H,4-6,11H2,1-3H3. The molecule has 1 aromatic carbocycles. The van der Waals surface area contributed by atoms with Crippen molar-refractivity contribution in [2.75, 3.05) is 13.2 Å². The monoisotopic (exact) mass is 253 g/mol. The van der Waals surface area contributed by atoms with E-state index in [4.69, 9.17) is 4.74 Å². The second-order valence-corrected chi connectivity index (χ2v) is 4.36. The van der Waals surface area contributed by atoms with E-state index in [-0.39, 0.29) is 18.0 Å². The number of benzene rings is 1. The number of nitrogens with one attached hydrogen (secondary N) is 1. The summed E-state index contributed by atoms with van der Waals surface area (Å²) in [5.41, 5.74) is 0.700. The van der Waals surface area contributed by atoms with Gasteiger partial charge in [-0.2, -0.15) is 0 Å². The van der Waals surface area contributed by atoms with E-state index in [2.05, 4.69) is 19.2 Å². The van der Waals surface area contributed by atoms with Gasteiger partial charge in [0.15, 0.2) is 0 Å². The predicted molar refractivity (Wildman–Crippen MR) is 73.1 cm³/mol. The van der Waals surface area contributed by atoms with Gasteiger partial charge in [-0.25, -0.2) is 4.39 Å². The summed E-state index contributed by atoms with van der Waals surface area (Å²) in [6.45, 7) is 7.66. The minimum atomic E-state index is -0.163. The molecule has 102 valence electrons. The maximum absolute atomic E-state index is 13.9. The molecule has 18 heavy (non-hydrogen) atoms. The summed E-state index contributed by atoms with van der Waals surface area (Å²) in [5.74, 6) is -0.163. The molecule has 0 heterocycles. The second-order valence-electron chi connectivity index (χ2n) is 4.36. The molecule has 1 aromatic rings. The molecule has 2 nitrogen and oxygen atoms in total. The minimum absolute atomic E-state index is 0.0125. The van der Waals surface area contributed by atoms with Gasteiger partial charge in [-0.15, -0.1) is 0 Å². The highest BCUT2D eigenvalue weighted by Gasteiger charge is 2.23. The first-order valence-corrected chi connectivity index (χ1v) is 6.83. The van der Waals surface area contributed by atoms with E-state index in [0.717, 1.165) is 19.4 Å². The Kier molecular flexibility index (Phi) is 6.91. The van der Waals surface area contributed by atoms with Gasteiger partial charge in [-0.3, -0.25) is 0 Å². The van der Waals surface area contributed by atoms with Crippen LogP contribution in [0.4, 0.5) is 4.39 Å². The summed E-state index contributed by atoms with van der Waals surface area (Å²) >= 11 is 0. The highest BCUT2D eigenvalue weighted by Crippen LogP contribution is 2.24. The van der Waals surface area contributed by atoms with E-state index in [9.17, 15) is 4.39 Å². The molecule has 0 fully saturated rings. The molecular weight excluding hydrogens is 229 g/mol. The molecule has 0 spiro atoms. The van der Waals surface area contributed by atoms with Gasteiger partial charge >= 0.3 is 0 Å². The normalized spacial score (nSPS) is 14.4. The Balaban J connectivity index is 2.92. The molecule has 0 bridgehead atoms. The Labute approximate surface area is 110 Å². The Bertz CT molecular complexity index is 343. The van der Waals surface area contributed by atoms with E-state index in [0.29, 0.717) is 12.2 Å². The molecular formula is C15H24FNO. The molecule has 0 saturated carbocycles. The minimum Gasteiger partial charge on any atom is -0.377 e. The first-order chi connectivity index (χ1) is 8.74. The SMILES string of the molecule is CCCNC(c1ccccc1F)C(CC)OCC. The summed E-state index contributed by atoms with van der Waals surface area (Å²) < 4.78 is 19.6. The molecule has 2 unspecified atom stereocenters. The molecule has 2 atom stereocenters. The lowest BCUT2D eigenvalue weighted by molar-refractivity contribution is 0.0305. The van der Waals surface area contributed by atoms with Crippen LogP contribution in [0.15, 0.2) is 24.3 Å². The van der Waals surface area contributed by atoms with E-state index in [1.54, 1.807) is 6.07 Å². The lowest BCUT2D eigenvalue weighted by Gasteiger charge is -2.28. The number of halogens is 1. The van der Waals surface area contributed by atoms with Gasteiger partial charge in [0, 0.05) is 12.2 Å². The van der Waals surface area contributed by atoms with Gasteiger partial charge in [-0.1, -0.05) is 32.0 Å². The first kappa shape index (κ1) is 15.1. The number of hydrogen-bond donors (Lipinski definition) is 1. The lowest BCUT2D eigenvalue weighted by atomic mass is 9.98. The number of hydrogen-bond acceptors (Lipinski definition) is 2. The molecule has 1 rings (SSSR count). The summed E-state index contributed by atoms with van der Waals surface area (Å²) in [5, 5.41) is 3.40. The van der Waals surface area contributed by atoms with Crippen LogP contribution in [0.5, 0.6) is 0 Å². The molecule has 0 aliphatic rings. The molecule has 0 saturated heterocycles. The van der Waals surface area contributed by atoms with Gasteiger partial charge in [0.25, 0.3) is 0 Å². The van der Waals surface area contributed by atoms with E-state index in [1.165, 1.54) is 6.07 Å². The van der Waals surface area contributed by atoms with Crippen LogP contribution in [0.1, 0.15) is 45.2 Å². The highest BCUT2D eigenvalue weighted by atomic mass is 19.1. The third-order valence-electron chi connectivity index (χ3n) is 3.01. The fourth-order valence-corrected chi connectivity index (χ4v) is 2.13. The average molecular weight is 253 g/mol. The van der Waals surface area contributed by atoms with Crippen LogP contribution in [0.2, 0.25) is 0 Å². The van der Waals surface area contributed by atoms with Gasteiger partial charge in [-0.05, 0) is 32.4 Å². The molecule has 3 heteroatoms. The lowest BCUT2D eigenvalue weighted by Crippen LogP contribution is -2.34. The van der Waals surface area contributed by atoms with Gasteiger partial charge in [0.05, 0.1) is 12.1 Å². The summed E-state index contributed by atoms with van der Waals surface area (Å²) in [7, 11) is 0. The molecule has 0 radical (unpaired) electrons. The zero-order valence-corrected chi connectivity index (χ0v) is 11.6. The maximum atomic E-state index is 13.9. The van der Waals surface area contributed by atoms with E-state index < -0.39 is 0 Å². The zero-order chi connectivity index (χ0) is 13.4. The molecule has 1 N–H and O–H groups in total.